The van der Waals surface area contributed by atoms with Gasteiger partial charge in [-0.25, -0.2) is 4.98 Å². The number of aromatic nitrogens is 2. The molecule has 0 aliphatic carbocycles. The highest BCUT2D eigenvalue weighted by Crippen LogP contribution is 2.40. The number of hydrogen-bond donors (Lipinski definition) is 1. The first-order valence-electron chi connectivity index (χ1n) is 11.8. The molecule has 6 rings (SSSR count). The molecule has 0 aliphatic heterocycles. The monoisotopic (exact) mass is 541 g/mol. The summed E-state index contributed by atoms with van der Waals surface area (Å²) in [5, 5.41) is 6.59. The van der Waals surface area contributed by atoms with Crippen molar-refractivity contribution in [1.82, 2.24) is 14.9 Å². The topological polar surface area (TPSA) is 46.9 Å². The van der Waals surface area contributed by atoms with Gasteiger partial charge in [0.05, 0.1) is 12.5 Å². The van der Waals surface area contributed by atoms with Gasteiger partial charge in [-0.05, 0) is 59.5 Å². The van der Waals surface area contributed by atoms with Crippen molar-refractivity contribution >= 4 is 60.6 Å². The van der Waals surface area contributed by atoms with Gasteiger partial charge in [-0.15, -0.1) is 11.3 Å². The van der Waals surface area contributed by atoms with E-state index in [2.05, 4.69) is 64.9 Å². The van der Waals surface area contributed by atoms with Gasteiger partial charge in [-0.2, -0.15) is 0 Å². The summed E-state index contributed by atoms with van der Waals surface area (Å²) in [5.74, 6) is -0.236. The maximum Gasteiger partial charge on any atom is 0.270 e. The number of fused-ring (bicyclic) bond motifs is 3. The predicted molar refractivity (Wildman–Crippen MR) is 154 cm³/mol. The van der Waals surface area contributed by atoms with E-state index in [1.54, 1.807) is 34.5 Å². The summed E-state index contributed by atoms with van der Waals surface area (Å²) in [7, 11) is 0. The summed E-state index contributed by atoms with van der Waals surface area (Å²) in [4.78, 5) is 17.4. The lowest BCUT2D eigenvalue weighted by Crippen LogP contribution is -2.25. The fourth-order valence-electron chi connectivity index (χ4n) is 4.68. The Labute approximate surface area is 228 Å². The fraction of sp³-hybridized carbons (Fsp3) is 0.0667. The molecule has 0 radical (unpaired) electrons. The minimum Gasteiger partial charge on any atom is -0.347 e. The van der Waals surface area contributed by atoms with Gasteiger partial charge >= 0.3 is 0 Å². The van der Waals surface area contributed by atoms with Crippen LogP contribution in [-0.2, 0) is 6.54 Å². The Balaban J connectivity index is 1.32. The first kappa shape index (κ1) is 23.7. The molecule has 2 aromatic heterocycles. The number of aryl methyl sites for hydroxylation is 1. The molecule has 1 N–H and O–H groups in total. The third kappa shape index (κ3) is 4.40. The molecule has 4 nitrogen and oxygen atoms in total. The van der Waals surface area contributed by atoms with E-state index in [1.807, 2.05) is 25.1 Å². The minimum absolute atomic E-state index is 0.236. The van der Waals surface area contributed by atoms with Crippen LogP contribution in [0, 0.1) is 6.92 Å². The molecule has 0 fully saturated rings. The molecule has 0 saturated carbocycles. The maximum atomic E-state index is 13.2. The van der Waals surface area contributed by atoms with Crippen molar-refractivity contribution in [3.8, 4) is 16.8 Å². The molecule has 0 aliphatic rings. The van der Waals surface area contributed by atoms with Gasteiger partial charge in [-0.1, -0.05) is 71.7 Å². The minimum atomic E-state index is -0.236. The average molecular weight is 542 g/mol. The molecule has 0 spiro atoms. The number of imidazole rings is 1. The van der Waals surface area contributed by atoms with Crippen molar-refractivity contribution < 1.29 is 4.79 Å². The van der Waals surface area contributed by atoms with Crippen LogP contribution in [0.15, 0.2) is 91.4 Å². The Morgan fingerprint density at radius 2 is 1.78 bits per heavy atom. The molecule has 7 heteroatoms. The molecule has 4 aromatic carbocycles. The second kappa shape index (κ2) is 9.67. The number of nitrogens with zero attached hydrogens (tertiary/aromatic N) is 2. The lowest BCUT2D eigenvalue weighted by Gasteiger charge is -2.13. The van der Waals surface area contributed by atoms with Crippen LogP contribution in [0.4, 0.5) is 0 Å². The van der Waals surface area contributed by atoms with E-state index >= 15 is 0 Å². The third-order valence-electron chi connectivity index (χ3n) is 6.52. The first-order valence-corrected chi connectivity index (χ1v) is 13.3. The molecule has 1 amide bonds. The van der Waals surface area contributed by atoms with Crippen LogP contribution in [-0.4, -0.2) is 15.5 Å². The molecule has 37 heavy (non-hydrogen) atoms. The largest absolute Gasteiger partial charge is 0.347 e. The summed E-state index contributed by atoms with van der Waals surface area (Å²) in [6.07, 6.45) is 3.24. The smallest absolute Gasteiger partial charge is 0.270 e. The number of rotatable bonds is 5. The van der Waals surface area contributed by atoms with E-state index in [-0.39, 0.29) is 5.91 Å². The lowest BCUT2D eigenvalue weighted by atomic mass is 10.0. The molecule has 6 aromatic rings. The number of halogens is 2. The molecule has 0 unspecified atom stereocenters. The van der Waals surface area contributed by atoms with Crippen LogP contribution in [0.1, 0.15) is 21.6 Å². The quantitative estimate of drug-likeness (QED) is 0.238. The normalized spacial score (nSPS) is 11.3. The van der Waals surface area contributed by atoms with E-state index in [4.69, 9.17) is 23.2 Å². The van der Waals surface area contributed by atoms with Gasteiger partial charge in [0.15, 0.2) is 0 Å². The summed E-state index contributed by atoms with van der Waals surface area (Å²) in [6, 6.07) is 26.6. The zero-order chi connectivity index (χ0) is 25.5. The number of benzene rings is 4. The van der Waals surface area contributed by atoms with Gasteiger partial charge in [0.2, 0.25) is 0 Å². The zero-order valence-electron chi connectivity index (χ0n) is 19.8. The van der Waals surface area contributed by atoms with Crippen molar-refractivity contribution in [2.75, 3.05) is 0 Å². The lowest BCUT2D eigenvalue weighted by molar-refractivity contribution is 0.0944. The van der Waals surface area contributed by atoms with Crippen LogP contribution >= 0.6 is 34.5 Å². The van der Waals surface area contributed by atoms with Gasteiger partial charge < -0.3 is 5.32 Å². The molecule has 2 heterocycles. The number of carbonyl (C=O) groups is 1. The SMILES string of the molecule is Cc1cc(Cl)cc(Cl)c1CNC(=O)c1cncn1-c1cccc(-c2cccc3c2sc2ccccc23)c1. The van der Waals surface area contributed by atoms with Crippen LogP contribution in [0.25, 0.3) is 37.0 Å². The van der Waals surface area contributed by atoms with Gasteiger partial charge in [0.1, 0.15) is 5.69 Å². The van der Waals surface area contributed by atoms with E-state index in [0.29, 0.717) is 22.3 Å². The predicted octanol–water partition coefficient (Wildman–Crippen LogP) is 8.45. The number of hydrogen-bond acceptors (Lipinski definition) is 3. The summed E-state index contributed by atoms with van der Waals surface area (Å²) < 4.78 is 4.32. The van der Waals surface area contributed by atoms with Crippen LogP contribution in [0.5, 0.6) is 0 Å². The second-order valence-electron chi connectivity index (χ2n) is 8.85. The standard InChI is InChI=1S/C30H21Cl2N3OS/c1-18-12-20(31)14-26(32)25(18)15-34-30(36)27-16-33-17-35(27)21-7-4-6-19(13-21)22-9-5-10-24-23-8-2-3-11-28(23)37-29(22)24/h2-14,16-17H,15H2,1H3,(H,34,36). The Kier molecular flexibility index (Phi) is 6.21. The summed E-state index contributed by atoms with van der Waals surface area (Å²) in [5.41, 5.74) is 5.31. The molecule has 182 valence electrons. The fourth-order valence-corrected chi connectivity index (χ4v) is 6.58. The number of thiophene rings is 1. The van der Waals surface area contributed by atoms with Crippen molar-refractivity contribution in [3.63, 3.8) is 0 Å². The number of carbonyl (C=O) groups excluding carboxylic acids is 1. The Morgan fingerprint density at radius 1 is 0.973 bits per heavy atom. The highest BCUT2D eigenvalue weighted by Gasteiger charge is 2.16. The number of amides is 1. The first-order chi connectivity index (χ1) is 18.0. The second-order valence-corrected chi connectivity index (χ2v) is 10.7. The van der Waals surface area contributed by atoms with E-state index in [1.165, 1.54) is 25.7 Å². The van der Waals surface area contributed by atoms with E-state index < -0.39 is 0 Å². The molecular formula is C30H21Cl2N3OS. The van der Waals surface area contributed by atoms with Crippen LogP contribution in [0.3, 0.4) is 0 Å². The van der Waals surface area contributed by atoms with Gasteiger partial charge in [0.25, 0.3) is 5.91 Å². The average Bonchev–Trinajstić information content (AvgIpc) is 3.53. The van der Waals surface area contributed by atoms with Crippen molar-refractivity contribution in [1.29, 1.82) is 0 Å². The Hall–Kier alpha value is -3.64. The van der Waals surface area contributed by atoms with Crippen molar-refractivity contribution in [2.24, 2.45) is 0 Å². The van der Waals surface area contributed by atoms with Crippen LogP contribution < -0.4 is 5.32 Å². The van der Waals surface area contributed by atoms with Crippen LogP contribution in [0.2, 0.25) is 10.0 Å². The molecule has 0 bridgehead atoms. The molecule has 0 atom stereocenters. The highest BCUT2D eigenvalue weighted by molar-refractivity contribution is 7.26. The third-order valence-corrected chi connectivity index (χ3v) is 8.30. The highest BCUT2D eigenvalue weighted by atomic mass is 35.5. The number of nitrogens with one attached hydrogen (secondary N) is 1. The molecule has 0 saturated heterocycles. The molecular weight excluding hydrogens is 521 g/mol. The summed E-state index contributed by atoms with van der Waals surface area (Å²) >= 11 is 14.2. The summed E-state index contributed by atoms with van der Waals surface area (Å²) in [6.45, 7) is 2.21. The van der Waals surface area contributed by atoms with E-state index in [9.17, 15) is 4.79 Å². The van der Waals surface area contributed by atoms with E-state index in [0.717, 1.165) is 22.4 Å². The van der Waals surface area contributed by atoms with Gasteiger partial charge in [-0.3, -0.25) is 9.36 Å². The Morgan fingerprint density at radius 3 is 2.65 bits per heavy atom. The van der Waals surface area contributed by atoms with Crippen molar-refractivity contribution in [3.05, 3.63) is 118 Å². The zero-order valence-corrected chi connectivity index (χ0v) is 22.2. The van der Waals surface area contributed by atoms with Crippen molar-refractivity contribution in [2.45, 2.75) is 13.5 Å². The van der Waals surface area contributed by atoms with Gasteiger partial charge in [0, 0.05) is 42.4 Å². The maximum absolute atomic E-state index is 13.2. The Bertz CT molecular complexity index is 1780.